The monoisotopic (exact) mass is 235 g/mol. The third-order valence-electron chi connectivity index (χ3n) is 3.93. The number of hydrogen-bond donors (Lipinski definition) is 1. The van der Waals surface area contributed by atoms with E-state index in [4.69, 9.17) is 0 Å². The number of nitrogens with zero attached hydrogens (tertiary/aromatic N) is 2. The normalized spacial score (nSPS) is 27.0. The van der Waals surface area contributed by atoms with E-state index < -0.39 is 0 Å². The lowest BCUT2D eigenvalue weighted by molar-refractivity contribution is 0.222. The molecule has 0 saturated heterocycles. The van der Waals surface area contributed by atoms with E-state index in [1.165, 1.54) is 31.4 Å². The molecule has 0 aromatic carbocycles. The summed E-state index contributed by atoms with van der Waals surface area (Å²) in [6.07, 6.45) is 7.51. The highest BCUT2D eigenvalue weighted by Gasteiger charge is 2.28. The van der Waals surface area contributed by atoms with Crippen molar-refractivity contribution in [3.8, 4) is 0 Å². The maximum absolute atomic E-state index is 4.58. The Morgan fingerprint density at radius 3 is 2.94 bits per heavy atom. The standard InChI is InChI=1S/C14H25N3/c1-4-15-14(13-8-9-17(3)16-13)12-7-5-6-11(2)10-12/h8-9,11-12,14-15H,4-7,10H2,1-3H3. The molecule has 0 aliphatic heterocycles. The highest BCUT2D eigenvalue weighted by atomic mass is 15.3. The summed E-state index contributed by atoms with van der Waals surface area (Å²) in [4.78, 5) is 0. The zero-order valence-electron chi connectivity index (χ0n) is 11.3. The Morgan fingerprint density at radius 2 is 2.35 bits per heavy atom. The fraction of sp³-hybridized carbons (Fsp3) is 0.786. The molecule has 17 heavy (non-hydrogen) atoms. The first kappa shape index (κ1) is 12.6. The largest absolute Gasteiger partial charge is 0.309 e. The summed E-state index contributed by atoms with van der Waals surface area (Å²) in [6.45, 7) is 5.59. The molecule has 0 radical (unpaired) electrons. The SMILES string of the molecule is CCNC(c1ccn(C)n1)C1CCCC(C)C1. The molecule has 1 aromatic rings. The zero-order chi connectivity index (χ0) is 12.3. The highest BCUT2D eigenvalue weighted by molar-refractivity contribution is 5.07. The van der Waals surface area contributed by atoms with Gasteiger partial charge in [0.25, 0.3) is 0 Å². The second kappa shape index (κ2) is 5.67. The van der Waals surface area contributed by atoms with Crippen LogP contribution in [0.4, 0.5) is 0 Å². The summed E-state index contributed by atoms with van der Waals surface area (Å²) in [5.41, 5.74) is 1.22. The first-order valence-electron chi connectivity index (χ1n) is 6.93. The minimum Gasteiger partial charge on any atom is -0.309 e. The second-order valence-corrected chi connectivity index (χ2v) is 5.48. The molecule has 3 unspecified atom stereocenters. The van der Waals surface area contributed by atoms with Gasteiger partial charge in [-0.05, 0) is 37.3 Å². The van der Waals surface area contributed by atoms with Crippen LogP contribution in [0.2, 0.25) is 0 Å². The lowest BCUT2D eigenvalue weighted by Gasteiger charge is -2.32. The van der Waals surface area contributed by atoms with Crippen molar-refractivity contribution in [3.63, 3.8) is 0 Å². The Bertz CT molecular complexity index is 345. The molecule has 1 N–H and O–H groups in total. The maximum Gasteiger partial charge on any atom is 0.0796 e. The molecular formula is C14H25N3. The molecule has 3 nitrogen and oxygen atoms in total. The summed E-state index contributed by atoms with van der Waals surface area (Å²) >= 11 is 0. The fourth-order valence-electron chi connectivity index (χ4n) is 3.12. The van der Waals surface area contributed by atoms with Gasteiger partial charge in [0.15, 0.2) is 0 Å². The number of rotatable bonds is 4. The molecule has 1 heterocycles. The predicted octanol–water partition coefficient (Wildman–Crippen LogP) is 2.90. The molecule has 0 amide bonds. The molecule has 3 heteroatoms. The molecular weight excluding hydrogens is 210 g/mol. The summed E-state index contributed by atoms with van der Waals surface area (Å²) in [6, 6.07) is 2.61. The third kappa shape index (κ3) is 3.09. The summed E-state index contributed by atoms with van der Waals surface area (Å²) in [5.74, 6) is 1.63. The highest BCUT2D eigenvalue weighted by Crippen LogP contribution is 2.36. The van der Waals surface area contributed by atoms with Crippen LogP contribution in [0.3, 0.4) is 0 Å². The Morgan fingerprint density at radius 1 is 1.53 bits per heavy atom. The molecule has 1 saturated carbocycles. The lowest BCUT2D eigenvalue weighted by atomic mass is 9.78. The summed E-state index contributed by atoms with van der Waals surface area (Å²) < 4.78 is 1.91. The molecule has 1 aliphatic carbocycles. The van der Waals surface area contributed by atoms with Crippen LogP contribution in [0.5, 0.6) is 0 Å². The van der Waals surface area contributed by atoms with Gasteiger partial charge in [0.1, 0.15) is 0 Å². The van der Waals surface area contributed by atoms with Crippen LogP contribution in [-0.2, 0) is 7.05 Å². The minimum absolute atomic E-state index is 0.448. The van der Waals surface area contributed by atoms with Gasteiger partial charge in [-0.15, -0.1) is 0 Å². The van der Waals surface area contributed by atoms with Gasteiger partial charge < -0.3 is 5.32 Å². The van der Waals surface area contributed by atoms with E-state index in [0.717, 1.165) is 18.4 Å². The molecule has 1 aromatic heterocycles. The van der Waals surface area contributed by atoms with E-state index in [2.05, 4.69) is 30.3 Å². The quantitative estimate of drug-likeness (QED) is 0.869. The Balaban J connectivity index is 2.10. The van der Waals surface area contributed by atoms with Crippen LogP contribution in [0.15, 0.2) is 12.3 Å². The van der Waals surface area contributed by atoms with Gasteiger partial charge in [0.05, 0.1) is 11.7 Å². The van der Waals surface area contributed by atoms with Crippen molar-refractivity contribution in [2.24, 2.45) is 18.9 Å². The first-order valence-corrected chi connectivity index (χ1v) is 6.93. The van der Waals surface area contributed by atoms with E-state index in [1.54, 1.807) is 0 Å². The molecule has 1 aliphatic rings. The van der Waals surface area contributed by atoms with Crippen LogP contribution in [0, 0.1) is 11.8 Å². The van der Waals surface area contributed by atoms with Crippen molar-refractivity contribution in [2.45, 2.75) is 45.6 Å². The Labute approximate surface area is 105 Å². The van der Waals surface area contributed by atoms with Crippen LogP contribution in [0.25, 0.3) is 0 Å². The molecule has 3 atom stereocenters. The van der Waals surface area contributed by atoms with Gasteiger partial charge in [-0.2, -0.15) is 5.10 Å². The molecule has 1 fully saturated rings. The van der Waals surface area contributed by atoms with E-state index in [0.29, 0.717) is 6.04 Å². The van der Waals surface area contributed by atoms with E-state index in [-0.39, 0.29) is 0 Å². The topological polar surface area (TPSA) is 29.9 Å². The maximum atomic E-state index is 4.58. The van der Waals surface area contributed by atoms with Crippen LogP contribution < -0.4 is 5.32 Å². The number of aromatic nitrogens is 2. The van der Waals surface area contributed by atoms with Crippen LogP contribution in [-0.4, -0.2) is 16.3 Å². The molecule has 0 bridgehead atoms. The van der Waals surface area contributed by atoms with Crippen molar-refractivity contribution in [2.75, 3.05) is 6.54 Å². The third-order valence-corrected chi connectivity index (χ3v) is 3.93. The second-order valence-electron chi connectivity index (χ2n) is 5.48. The van der Waals surface area contributed by atoms with Crippen molar-refractivity contribution in [3.05, 3.63) is 18.0 Å². The van der Waals surface area contributed by atoms with Gasteiger partial charge in [0, 0.05) is 13.2 Å². The van der Waals surface area contributed by atoms with Crippen LogP contribution in [0.1, 0.15) is 51.3 Å². The van der Waals surface area contributed by atoms with Crippen molar-refractivity contribution < 1.29 is 0 Å². The van der Waals surface area contributed by atoms with Gasteiger partial charge in [-0.1, -0.05) is 26.7 Å². The van der Waals surface area contributed by atoms with Crippen molar-refractivity contribution in [1.29, 1.82) is 0 Å². The molecule has 96 valence electrons. The zero-order valence-corrected chi connectivity index (χ0v) is 11.3. The smallest absolute Gasteiger partial charge is 0.0796 e. The van der Waals surface area contributed by atoms with E-state index in [1.807, 2.05) is 17.9 Å². The van der Waals surface area contributed by atoms with Crippen molar-refractivity contribution >= 4 is 0 Å². The number of aryl methyl sites for hydroxylation is 1. The van der Waals surface area contributed by atoms with Gasteiger partial charge in [-0.25, -0.2) is 0 Å². The first-order chi connectivity index (χ1) is 8.20. The van der Waals surface area contributed by atoms with Crippen molar-refractivity contribution in [1.82, 2.24) is 15.1 Å². The predicted molar refractivity (Wildman–Crippen MR) is 70.7 cm³/mol. The Hall–Kier alpha value is -0.830. The molecule has 0 spiro atoms. The lowest BCUT2D eigenvalue weighted by Crippen LogP contribution is -2.31. The van der Waals surface area contributed by atoms with Gasteiger partial charge in [-0.3, -0.25) is 4.68 Å². The summed E-state index contributed by atoms with van der Waals surface area (Å²) in [5, 5.41) is 8.21. The molecule has 2 rings (SSSR count). The minimum atomic E-state index is 0.448. The Kier molecular flexibility index (Phi) is 4.21. The number of hydrogen-bond acceptors (Lipinski definition) is 2. The van der Waals surface area contributed by atoms with Gasteiger partial charge in [0.2, 0.25) is 0 Å². The van der Waals surface area contributed by atoms with E-state index in [9.17, 15) is 0 Å². The number of nitrogens with one attached hydrogen (secondary N) is 1. The van der Waals surface area contributed by atoms with Crippen LogP contribution >= 0.6 is 0 Å². The van der Waals surface area contributed by atoms with E-state index >= 15 is 0 Å². The fourth-order valence-corrected chi connectivity index (χ4v) is 3.12. The van der Waals surface area contributed by atoms with Gasteiger partial charge >= 0.3 is 0 Å². The average Bonchev–Trinajstić information content (AvgIpc) is 2.72. The average molecular weight is 235 g/mol. The summed E-state index contributed by atoms with van der Waals surface area (Å²) in [7, 11) is 2.00.